The molecule has 0 bridgehead atoms. The van der Waals surface area contributed by atoms with Crippen LogP contribution in [0.5, 0.6) is 0 Å². The fourth-order valence-corrected chi connectivity index (χ4v) is 2.49. The summed E-state index contributed by atoms with van der Waals surface area (Å²) >= 11 is 5.96. The highest BCUT2D eigenvalue weighted by Gasteiger charge is 2.13. The van der Waals surface area contributed by atoms with Crippen molar-refractivity contribution in [2.24, 2.45) is 0 Å². The standard InChI is InChI=1S/C19H17ClN2O5/c1-26-8-2-7-22-18(23)13(11-21)9-14-4-6-17(27-14)12-3-5-15(19(24)25)16(20)10-12/h3-6,9-10H,2,7-8H2,1H3,(H,22,23)(H,24,25)/b13-9+. The molecule has 0 atom stereocenters. The number of carbonyl (C=O) groups excluding carboxylic acids is 1. The van der Waals surface area contributed by atoms with Crippen LogP contribution >= 0.6 is 11.6 Å². The van der Waals surface area contributed by atoms with Gasteiger partial charge in [-0.25, -0.2) is 4.79 Å². The van der Waals surface area contributed by atoms with Crippen LogP contribution in [0, 0.1) is 11.3 Å². The molecule has 2 rings (SSSR count). The SMILES string of the molecule is COCCCNC(=O)/C(C#N)=C/c1ccc(-c2ccc(C(=O)O)c(Cl)c2)o1. The first kappa shape index (κ1) is 20.2. The van der Waals surface area contributed by atoms with Gasteiger partial charge in [-0.2, -0.15) is 5.26 Å². The average Bonchev–Trinajstić information content (AvgIpc) is 3.11. The fourth-order valence-electron chi connectivity index (χ4n) is 2.23. The predicted molar refractivity (Wildman–Crippen MR) is 99.2 cm³/mol. The van der Waals surface area contributed by atoms with Crippen molar-refractivity contribution >= 4 is 29.6 Å². The van der Waals surface area contributed by atoms with E-state index in [1.807, 2.05) is 6.07 Å². The number of nitrogens with zero attached hydrogens (tertiary/aromatic N) is 1. The molecule has 7 nitrogen and oxygen atoms in total. The van der Waals surface area contributed by atoms with E-state index in [2.05, 4.69) is 5.32 Å². The first-order chi connectivity index (χ1) is 13.0. The minimum Gasteiger partial charge on any atom is -0.478 e. The molecule has 0 saturated heterocycles. The zero-order chi connectivity index (χ0) is 19.8. The van der Waals surface area contributed by atoms with Crippen LogP contribution in [-0.2, 0) is 9.53 Å². The summed E-state index contributed by atoms with van der Waals surface area (Å²) in [5.74, 6) is -0.880. The van der Waals surface area contributed by atoms with Gasteiger partial charge < -0.3 is 19.6 Å². The molecule has 2 N–H and O–H groups in total. The lowest BCUT2D eigenvalue weighted by Crippen LogP contribution is -2.26. The summed E-state index contributed by atoms with van der Waals surface area (Å²) in [6, 6.07) is 9.51. The molecule has 0 fully saturated rings. The minimum atomic E-state index is -1.12. The van der Waals surface area contributed by atoms with Crippen LogP contribution < -0.4 is 5.32 Å². The maximum Gasteiger partial charge on any atom is 0.337 e. The number of halogens is 1. The molecule has 0 aliphatic rings. The summed E-state index contributed by atoms with van der Waals surface area (Å²) in [6.07, 6.45) is 1.97. The van der Waals surface area contributed by atoms with E-state index in [0.29, 0.717) is 36.7 Å². The number of ether oxygens (including phenoxy) is 1. The highest BCUT2D eigenvalue weighted by Crippen LogP contribution is 2.28. The Kier molecular flexibility index (Phi) is 7.17. The van der Waals surface area contributed by atoms with E-state index < -0.39 is 11.9 Å². The van der Waals surface area contributed by atoms with E-state index in [1.165, 1.54) is 18.2 Å². The first-order valence-corrected chi connectivity index (χ1v) is 8.36. The number of benzene rings is 1. The van der Waals surface area contributed by atoms with E-state index in [1.54, 1.807) is 25.3 Å². The number of rotatable bonds is 8. The monoisotopic (exact) mass is 388 g/mol. The van der Waals surface area contributed by atoms with E-state index in [-0.39, 0.29) is 16.2 Å². The topological polar surface area (TPSA) is 113 Å². The van der Waals surface area contributed by atoms with Crippen molar-refractivity contribution in [3.8, 4) is 17.4 Å². The predicted octanol–water partition coefficient (Wildman–Crippen LogP) is 3.36. The lowest BCUT2D eigenvalue weighted by Gasteiger charge is -2.03. The number of nitrogens with one attached hydrogen (secondary N) is 1. The molecule has 140 valence electrons. The Morgan fingerprint density at radius 3 is 2.78 bits per heavy atom. The molecule has 1 heterocycles. The number of carbonyl (C=O) groups is 2. The van der Waals surface area contributed by atoms with Gasteiger partial charge in [0.2, 0.25) is 0 Å². The Bertz CT molecular complexity index is 911. The lowest BCUT2D eigenvalue weighted by atomic mass is 10.1. The van der Waals surface area contributed by atoms with Crippen molar-refractivity contribution in [2.75, 3.05) is 20.3 Å². The highest BCUT2D eigenvalue weighted by atomic mass is 35.5. The Morgan fingerprint density at radius 2 is 2.15 bits per heavy atom. The van der Waals surface area contributed by atoms with Crippen molar-refractivity contribution < 1.29 is 23.8 Å². The van der Waals surface area contributed by atoms with Crippen LogP contribution in [0.1, 0.15) is 22.5 Å². The number of hydrogen-bond donors (Lipinski definition) is 2. The molecular weight excluding hydrogens is 372 g/mol. The summed E-state index contributed by atoms with van der Waals surface area (Å²) in [5.41, 5.74) is 0.476. The Hall–Kier alpha value is -3.08. The Balaban J connectivity index is 2.15. The molecule has 0 unspecified atom stereocenters. The van der Waals surface area contributed by atoms with E-state index in [9.17, 15) is 14.9 Å². The van der Waals surface area contributed by atoms with Crippen LogP contribution in [0.15, 0.2) is 40.3 Å². The fraction of sp³-hybridized carbons (Fsp3) is 0.211. The largest absolute Gasteiger partial charge is 0.478 e. The third-order valence-corrected chi connectivity index (χ3v) is 3.89. The van der Waals surface area contributed by atoms with Crippen LogP contribution in [0.2, 0.25) is 5.02 Å². The molecule has 0 aliphatic carbocycles. The van der Waals surface area contributed by atoms with Gasteiger partial charge in [-0.05, 0) is 30.7 Å². The van der Waals surface area contributed by atoms with Crippen molar-refractivity contribution in [3.05, 3.63) is 52.3 Å². The maximum atomic E-state index is 12.0. The molecular formula is C19H17ClN2O5. The number of nitriles is 1. The van der Waals surface area contributed by atoms with E-state index in [4.69, 9.17) is 25.9 Å². The van der Waals surface area contributed by atoms with Gasteiger partial charge in [0, 0.05) is 31.9 Å². The number of carboxylic acid groups (broad SMARTS) is 1. The van der Waals surface area contributed by atoms with Crippen molar-refractivity contribution in [1.29, 1.82) is 5.26 Å². The average molecular weight is 389 g/mol. The molecule has 0 saturated carbocycles. The second-order valence-corrected chi connectivity index (χ2v) is 5.88. The van der Waals surface area contributed by atoms with E-state index >= 15 is 0 Å². The molecule has 2 aromatic rings. The number of amides is 1. The smallest absolute Gasteiger partial charge is 0.337 e. The van der Waals surface area contributed by atoms with Gasteiger partial charge in [0.25, 0.3) is 5.91 Å². The van der Waals surface area contributed by atoms with Gasteiger partial charge in [0.05, 0.1) is 10.6 Å². The molecule has 0 aliphatic heterocycles. The third kappa shape index (κ3) is 5.45. The molecule has 1 amide bonds. The molecule has 8 heteroatoms. The van der Waals surface area contributed by atoms with Gasteiger partial charge in [0.15, 0.2) is 0 Å². The molecule has 27 heavy (non-hydrogen) atoms. The van der Waals surface area contributed by atoms with Gasteiger partial charge in [0.1, 0.15) is 23.2 Å². The normalized spacial score (nSPS) is 11.1. The number of aromatic carboxylic acids is 1. The van der Waals surface area contributed by atoms with Crippen molar-refractivity contribution in [3.63, 3.8) is 0 Å². The first-order valence-electron chi connectivity index (χ1n) is 7.98. The summed E-state index contributed by atoms with van der Waals surface area (Å²) in [6.45, 7) is 0.903. The Labute approximate surface area is 160 Å². The second kappa shape index (κ2) is 9.57. The molecule has 1 aromatic heterocycles. The quantitative estimate of drug-likeness (QED) is 0.407. The minimum absolute atomic E-state index is 0.0102. The molecule has 1 aromatic carbocycles. The van der Waals surface area contributed by atoms with Crippen molar-refractivity contribution in [2.45, 2.75) is 6.42 Å². The lowest BCUT2D eigenvalue weighted by molar-refractivity contribution is -0.117. The van der Waals surface area contributed by atoms with Crippen LogP contribution in [0.25, 0.3) is 17.4 Å². The van der Waals surface area contributed by atoms with Gasteiger partial charge in [-0.1, -0.05) is 17.7 Å². The van der Waals surface area contributed by atoms with Gasteiger partial charge >= 0.3 is 5.97 Å². The summed E-state index contributed by atoms with van der Waals surface area (Å²) < 4.78 is 10.5. The van der Waals surface area contributed by atoms with Crippen LogP contribution in [0.3, 0.4) is 0 Å². The van der Waals surface area contributed by atoms with Crippen LogP contribution in [0.4, 0.5) is 0 Å². The molecule has 0 radical (unpaired) electrons. The molecule has 0 spiro atoms. The third-order valence-electron chi connectivity index (χ3n) is 3.57. The summed E-state index contributed by atoms with van der Waals surface area (Å²) in [7, 11) is 1.57. The summed E-state index contributed by atoms with van der Waals surface area (Å²) in [4.78, 5) is 23.0. The summed E-state index contributed by atoms with van der Waals surface area (Å²) in [5, 5.41) is 20.9. The van der Waals surface area contributed by atoms with Crippen molar-refractivity contribution in [1.82, 2.24) is 5.32 Å². The van der Waals surface area contributed by atoms with Gasteiger partial charge in [-0.3, -0.25) is 4.79 Å². The van der Waals surface area contributed by atoms with Crippen LogP contribution in [-0.4, -0.2) is 37.2 Å². The van der Waals surface area contributed by atoms with E-state index in [0.717, 1.165) is 0 Å². The maximum absolute atomic E-state index is 12.0. The number of methoxy groups -OCH3 is 1. The number of carboxylic acids is 1. The Morgan fingerprint density at radius 1 is 1.37 bits per heavy atom. The highest BCUT2D eigenvalue weighted by molar-refractivity contribution is 6.33. The number of hydrogen-bond acceptors (Lipinski definition) is 5. The number of furan rings is 1. The zero-order valence-electron chi connectivity index (χ0n) is 14.5. The van der Waals surface area contributed by atoms with Gasteiger partial charge in [-0.15, -0.1) is 0 Å². The second-order valence-electron chi connectivity index (χ2n) is 5.47. The zero-order valence-corrected chi connectivity index (χ0v) is 15.2.